The largest absolute Gasteiger partial charge is 0.427 e. The molecule has 1 fully saturated rings. The molecule has 0 atom stereocenters. The second kappa shape index (κ2) is 3.60. The molecule has 0 aromatic carbocycles. The van der Waals surface area contributed by atoms with Gasteiger partial charge in [-0.25, -0.2) is 0 Å². The van der Waals surface area contributed by atoms with Gasteiger partial charge in [0, 0.05) is 0 Å². The molecule has 0 aromatic heterocycles. The van der Waals surface area contributed by atoms with Gasteiger partial charge in [-0.3, -0.25) is 4.79 Å². The van der Waals surface area contributed by atoms with Crippen molar-refractivity contribution in [2.45, 2.75) is 0 Å². The van der Waals surface area contributed by atoms with Gasteiger partial charge in [0.25, 0.3) is 0 Å². The van der Waals surface area contributed by atoms with Gasteiger partial charge >= 0.3 is 0 Å². The van der Waals surface area contributed by atoms with Crippen LogP contribution in [0.2, 0.25) is 0 Å². The summed E-state index contributed by atoms with van der Waals surface area (Å²) in [4.78, 5) is 9.44. The van der Waals surface area contributed by atoms with E-state index in [1.807, 2.05) is 0 Å². The van der Waals surface area contributed by atoms with Crippen LogP contribution < -0.4 is 5.32 Å². The van der Waals surface area contributed by atoms with Crippen molar-refractivity contribution in [2.24, 2.45) is 0 Å². The number of thiol groups is 1. The average Bonchev–Trinajstić information content (AvgIpc) is 2.25. The number of carbonyl (C=O) groups excluding carboxylic acids is 1. The molecule has 5 heteroatoms. The number of hydrogen-bond donors (Lipinski definition) is 1. The van der Waals surface area contributed by atoms with Gasteiger partial charge in [-0.15, -0.1) is 0 Å². The van der Waals surface area contributed by atoms with Crippen molar-refractivity contribution in [3.05, 3.63) is 0 Å². The summed E-state index contributed by atoms with van der Waals surface area (Å²) < 4.78 is 16.7. The van der Waals surface area contributed by atoms with Crippen molar-refractivity contribution in [1.82, 2.24) is 5.32 Å². The highest BCUT2D eigenvalue weighted by molar-refractivity contribution is 7.51. The molecule has 0 unspecified atom stereocenters. The minimum Gasteiger partial charge on any atom is -0.427 e. The zero-order valence-electron chi connectivity index (χ0n) is 3.38. The van der Waals surface area contributed by atoms with Gasteiger partial charge in [0.15, 0.2) is 0 Å². The molecule has 1 amide bonds. The predicted molar refractivity (Wildman–Crippen MR) is 23.1 cm³/mol. The average molecular weight is 122 g/mol. The van der Waals surface area contributed by atoms with E-state index in [1.165, 1.54) is 0 Å². The first-order valence-corrected chi connectivity index (χ1v) is 2.26. The van der Waals surface area contributed by atoms with E-state index in [1.54, 1.807) is 0 Å². The Kier molecular flexibility index (Phi) is 3.31. The third kappa shape index (κ3) is 10.8. The summed E-state index contributed by atoms with van der Waals surface area (Å²) in [6.07, 6.45) is 0. The molecular formula is C2H4NO3S-. The minimum absolute atomic E-state index is 0.167. The summed E-state index contributed by atoms with van der Waals surface area (Å²) in [5.41, 5.74) is 0. The summed E-state index contributed by atoms with van der Waals surface area (Å²) in [5.74, 6) is 0.167. The first-order valence-electron chi connectivity index (χ1n) is 1.53. The summed E-state index contributed by atoms with van der Waals surface area (Å²) in [6, 6.07) is 0. The van der Waals surface area contributed by atoms with Crippen LogP contribution in [0.15, 0.2) is 0 Å². The van der Waals surface area contributed by atoms with Gasteiger partial charge in [0.05, 0.1) is 6.54 Å². The number of rotatable bonds is 0. The van der Waals surface area contributed by atoms with Crippen molar-refractivity contribution in [3.63, 3.8) is 0 Å². The fourth-order valence-corrected chi connectivity index (χ4v) is 0.0361. The SMILES string of the molecule is O=C1CN1.O=[SH-]=O. The molecule has 0 bridgehead atoms. The predicted octanol–water partition coefficient (Wildman–Crippen LogP) is -1.39. The van der Waals surface area contributed by atoms with Gasteiger partial charge < -0.3 is 13.7 Å². The normalized spacial score (nSPS) is 13.4. The smallest absolute Gasteiger partial charge is 0.239 e. The maximum atomic E-state index is 9.44. The number of amides is 1. The molecule has 1 heterocycles. The Balaban J connectivity index is 0.000000110. The fraction of sp³-hybridized carbons (Fsp3) is 0.500. The van der Waals surface area contributed by atoms with E-state index in [0.29, 0.717) is 6.54 Å². The molecule has 42 valence electrons. The Morgan fingerprint density at radius 1 is 1.57 bits per heavy atom. The molecule has 0 radical (unpaired) electrons. The van der Waals surface area contributed by atoms with Gasteiger partial charge in [0.2, 0.25) is 5.91 Å². The van der Waals surface area contributed by atoms with Crippen LogP contribution in [0.3, 0.4) is 0 Å². The molecule has 0 aliphatic carbocycles. The van der Waals surface area contributed by atoms with Gasteiger partial charge in [-0.1, -0.05) is 11.6 Å². The van der Waals surface area contributed by atoms with E-state index in [0.717, 1.165) is 0 Å². The van der Waals surface area contributed by atoms with Crippen molar-refractivity contribution < 1.29 is 13.2 Å². The topological polar surface area (TPSA) is 73.2 Å². The number of hydrogen-bond acceptors (Lipinski definition) is 4. The van der Waals surface area contributed by atoms with Crippen molar-refractivity contribution in [3.8, 4) is 0 Å². The van der Waals surface area contributed by atoms with Crippen molar-refractivity contribution in [2.75, 3.05) is 6.54 Å². The van der Waals surface area contributed by atoms with E-state index in [-0.39, 0.29) is 5.91 Å². The van der Waals surface area contributed by atoms with E-state index < -0.39 is 11.6 Å². The highest BCUT2D eigenvalue weighted by Crippen LogP contribution is 1.72. The van der Waals surface area contributed by atoms with E-state index in [2.05, 4.69) is 5.32 Å². The van der Waals surface area contributed by atoms with Crippen LogP contribution in [0, 0.1) is 0 Å². The van der Waals surface area contributed by atoms with Crippen LogP contribution in [0.5, 0.6) is 0 Å². The highest BCUT2D eigenvalue weighted by atomic mass is 32.1. The van der Waals surface area contributed by atoms with Gasteiger partial charge in [-0.05, 0) is 0 Å². The lowest BCUT2D eigenvalue weighted by Gasteiger charge is -1.30. The quantitative estimate of drug-likeness (QED) is 0.244. The molecule has 1 N–H and O–H groups in total. The third-order valence-corrected chi connectivity index (χ3v) is 0.321. The lowest BCUT2D eigenvalue weighted by molar-refractivity contribution is -0.110. The summed E-state index contributed by atoms with van der Waals surface area (Å²) >= 11 is -1.08. The zero-order chi connectivity index (χ0) is 5.70. The maximum absolute atomic E-state index is 9.44. The first kappa shape index (κ1) is 6.42. The van der Waals surface area contributed by atoms with Crippen LogP contribution in [0.4, 0.5) is 0 Å². The van der Waals surface area contributed by atoms with Crippen LogP contribution in [-0.2, 0) is 24.8 Å². The Hall–Kier alpha value is -0.580. The maximum Gasteiger partial charge on any atom is 0.239 e. The molecule has 0 spiro atoms. The van der Waals surface area contributed by atoms with Crippen molar-refractivity contribution >= 4 is 17.5 Å². The second-order valence-corrected chi connectivity index (χ2v) is 1.00. The Bertz CT molecular complexity index is 99.5. The summed E-state index contributed by atoms with van der Waals surface area (Å²) in [6.45, 7) is 0.597. The fourth-order valence-electron chi connectivity index (χ4n) is 0.0361. The van der Waals surface area contributed by atoms with Crippen LogP contribution in [-0.4, -0.2) is 12.5 Å². The Morgan fingerprint density at radius 3 is 1.71 bits per heavy atom. The molecular weight excluding hydrogens is 118 g/mol. The highest BCUT2D eigenvalue weighted by Gasteiger charge is 2.10. The lowest BCUT2D eigenvalue weighted by Crippen LogP contribution is -1.66. The molecule has 1 rings (SSSR count). The summed E-state index contributed by atoms with van der Waals surface area (Å²) in [5, 5.41) is 2.46. The molecule has 1 aliphatic heterocycles. The molecule has 0 saturated carbocycles. The monoisotopic (exact) mass is 122 g/mol. The number of carbonyl (C=O) groups is 1. The zero-order valence-corrected chi connectivity index (χ0v) is 4.27. The van der Waals surface area contributed by atoms with E-state index in [9.17, 15) is 4.79 Å². The molecule has 4 nitrogen and oxygen atoms in total. The second-order valence-electron chi connectivity index (χ2n) is 0.851. The van der Waals surface area contributed by atoms with Crippen LogP contribution >= 0.6 is 0 Å². The molecule has 1 aliphatic rings. The molecule has 7 heavy (non-hydrogen) atoms. The number of nitrogens with one attached hydrogen (secondary N) is 1. The van der Waals surface area contributed by atoms with Crippen LogP contribution in [0.25, 0.3) is 0 Å². The lowest BCUT2D eigenvalue weighted by atomic mass is 11.0. The minimum atomic E-state index is -1.08. The summed E-state index contributed by atoms with van der Waals surface area (Å²) in [7, 11) is 0. The molecule has 0 aromatic rings. The van der Waals surface area contributed by atoms with Crippen molar-refractivity contribution in [1.29, 1.82) is 0 Å². The Labute approximate surface area is 43.5 Å². The van der Waals surface area contributed by atoms with E-state index >= 15 is 0 Å². The van der Waals surface area contributed by atoms with Gasteiger partial charge in [0.1, 0.15) is 0 Å². The molecule has 1 saturated heterocycles. The van der Waals surface area contributed by atoms with Crippen LogP contribution in [0.1, 0.15) is 0 Å². The first-order chi connectivity index (χ1) is 3.31. The van der Waals surface area contributed by atoms with E-state index in [4.69, 9.17) is 8.42 Å². The third-order valence-electron chi connectivity index (χ3n) is 0.321. The Morgan fingerprint density at radius 2 is 1.71 bits per heavy atom. The van der Waals surface area contributed by atoms with Gasteiger partial charge in [-0.2, -0.15) is 0 Å². The standard InChI is InChI=1S/C2H3NO.HO2S/c4-2-1-3-2;1-3-2/h1H2,(H,3,4);3H/q;-1.